The molecule has 2 N–H and O–H groups in total. The number of ether oxygens (including phenoxy) is 1. The third-order valence-electron chi connectivity index (χ3n) is 2.78. The number of hydrogen-bond donors (Lipinski definition) is 2. The van der Waals surface area contributed by atoms with Gasteiger partial charge in [-0.25, -0.2) is 0 Å². The molecule has 1 saturated heterocycles. The summed E-state index contributed by atoms with van der Waals surface area (Å²) in [4.78, 5) is 0. The Bertz CT molecular complexity index is 145. The molecule has 90 valence electrons. The van der Waals surface area contributed by atoms with Crippen LogP contribution >= 0.6 is 0 Å². The van der Waals surface area contributed by atoms with E-state index in [1.54, 1.807) is 0 Å². The van der Waals surface area contributed by atoms with E-state index in [-0.39, 0.29) is 0 Å². The van der Waals surface area contributed by atoms with Crippen LogP contribution in [0.5, 0.6) is 0 Å². The van der Waals surface area contributed by atoms with E-state index in [0.717, 1.165) is 45.1 Å². The van der Waals surface area contributed by atoms with E-state index in [4.69, 9.17) is 4.74 Å². The quantitative estimate of drug-likeness (QED) is 0.628. The van der Waals surface area contributed by atoms with Crippen LogP contribution in [0.4, 0.5) is 0 Å². The van der Waals surface area contributed by atoms with Crippen LogP contribution in [0.1, 0.15) is 33.1 Å². The fourth-order valence-electron chi connectivity index (χ4n) is 1.83. The summed E-state index contributed by atoms with van der Waals surface area (Å²) in [5.41, 5.74) is 0. The van der Waals surface area contributed by atoms with E-state index in [0.29, 0.717) is 6.10 Å². The number of morpholine rings is 1. The average Bonchev–Trinajstić information content (AvgIpc) is 2.24. The molecule has 1 aliphatic rings. The predicted molar refractivity (Wildman–Crippen MR) is 64.2 cm³/mol. The molecule has 1 rings (SSSR count). The summed E-state index contributed by atoms with van der Waals surface area (Å²) >= 11 is 0. The van der Waals surface area contributed by atoms with Gasteiger partial charge in [0.25, 0.3) is 0 Å². The SMILES string of the molecule is CC(C)CCCNCCC1CNCCO1. The zero-order chi connectivity index (χ0) is 10.9. The first-order valence-electron chi connectivity index (χ1n) is 6.32. The van der Waals surface area contributed by atoms with Gasteiger partial charge in [-0.15, -0.1) is 0 Å². The second-order valence-electron chi connectivity index (χ2n) is 4.77. The van der Waals surface area contributed by atoms with E-state index >= 15 is 0 Å². The summed E-state index contributed by atoms with van der Waals surface area (Å²) in [6.07, 6.45) is 4.18. The fourth-order valence-corrected chi connectivity index (χ4v) is 1.83. The summed E-state index contributed by atoms with van der Waals surface area (Å²) in [7, 11) is 0. The molecule has 15 heavy (non-hydrogen) atoms. The van der Waals surface area contributed by atoms with Crippen molar-refractivity contribution in [3.63, 3.8) is 0 Å². The van der Waals surface area contributed by atoms with Gasteiger partial charge < -0.3 is 15.4 Å². The van der Waals surface area contributed by atoms with Gasteiger partial charge in [-0.05, 0) is 38.3 Å². The molecule has 1 unspecified atom stereocenters. The highest BCUT2D eigenvalue weighted by atomic mass is 16.5. The van der Waals surface area contributed by atoms with E-state index < -0.39 is 0 Å². The molecule has 0 aliphatic carbocycles. The summed E-state index contributed by atoms with van der Waals surface area (Å²) < 4.78 is 5.62. The zero-order valence-corrected chi connectivity index (χ0v) is 10.2. The Balaban J connectivity index is 1.83. The molecule has 1 fully saturated rings. The Morgan fingerprint density at radius 2 is 2.27 bits per heavy atom. The first-order valence-corrected chi connectivity index (χ1v) is 6.32. The van der Waals surface area contributed by atoms with Crippen LogP contribution in [-0.2, 0) is 4.74 Å². The van der Waals surface area contributed by atoms with Gasteiger partial charge in [0.15, 0.2) is 0 Å². The number of nitrogens with one attached hydrogen (secondary N) is 2. The van der Waals surface area contributed by atoms with Crippen molar-refractivity contribution in [3.8, 4) is 0 Å². The van der Waals surface area contributed by atoms with Gasteiger partial charge >= 0.3 is 0 Å². The van der Waals surface area contributed by atoms with Crippen molar-refractivity contribution in [2.75, 3.05) is 32.8 Å². The Morgan fingerprint density at radius 1 is 1.40 bits per heavy atom. The average molecular weight is 214 g/mol. The van der Waals surface area contributed by atoms with Gasteiger partial charge in [0, 0.05) is 13.1 Å². The van der Waals surface area contributed by atoms with Gasteiger partial charge in [-0.1, -0.05) is 13.8 Å². The van der Waals surface area contributed by atoms with Crippen LogP contribution in [0.25, 0.3) is 0 Å². The topological polar surface area (TPSA) is 33.3 Å². The van der Waals surface area contributed by atoms with Crippen molar-refractivity contribution in [1.29, 1.82) is 0 Å². The molecule has 0 saturated carbocycles. The Kier molecular flexibility index (Phi) is 6.98. The van der Waals surface area contributed by atoms with Crippen molar-refractivity contribution in [2.45, 2.75) is 39.2 Å². The van der Waals surface area contributed by atoms with Crippen molar-refractivity contribution < 1.29 is 4.74 Å². The summed E-state index contributed by atoms with van der Waals surface area (Å²) in [6.45, 7) is 9.70. The van der Waals surface area contributed by atoms with Crippen LogP contribution in [0.15, 0.2) is 0 Å². The van der Waals surface area contributed by atoms with Crippen molar-refractivity contribution in [2.24, 2.45) is 5.92 Å². The lowest BCUT2D eigenvalue weighted by Crippen LogP contribution is -2.40. The molecule has 0 bridgehead atoms. The van der Waals surface area contributed by atoms with E-state index in [9.17, 15) is 0 Å². The monoisotopic (exact) mass is 214 g/mol. The zero-order valence-electron chi connectivity index (χ0n) is 10.2. The highest BCUT2D eigenvalue weighted by Gasteiger charge is 2.11. The lowest BCUT2D eigenvalue weighted by Gasteiger charge is -2.23. The van der Waals surface area contributed by atoms with Gasteiger partial charge in [0.05, 0.1) is 12.7 Å². The van der Waals surface area contributed by atoms with E-state index in [2.05, 4.69) is 24.5 Å². The molecule has 1 atom stereocenters. The Morgan fingerprint density at radius 3 is 2.93 bits per heavy atom. The predicted octanol–water partition coefficient (Wildman–Crippen LogP) is 1.39. The maximum absolute atomic E-state index is 5.62. The second-order valence-corrected chi connectivity index (χ2v) is 4.77. The minimum atomic E-state index is 0.427. The molecule has 0 aromatic rings. The summed E-state index contributed by atoms with van der Waals surface area (Å²) in [6, 6.07) is 0. The normalized spacial score (nSPS) is 22.2. The third-order valence-corrected chi connectivity index (χ3v) is 2.78. The van der Waals surface area contributed by atoms with Gasteiger partial charge in [0.1, 0.15) is 0 Å². The molecule has 1 aliphatic heterocycles. The standard InChI is InChI=1S/C12H26N2O/c1-11(2)4-3-6-13-7-5-12-10-14-8-9-15-12/h11-14H,3-10H2,1-2H3. The van der Waals surface area contributed by atoms with Crippen molar-refractivity contribution in [3.05, 3.63) is 0 Å². The largest absolute Gasteiger partial charge is 0.376 e. The molecular formula is C12H26N2O. The van der Waals surface area contributed by atoms with Crippen LogP contribution < -0.4 is 10.6 Å². The first kappa shape index (κ1) is 12.9. The summed E-state index contributed by atoms with van der Waals surface area (Å²) in [5, 5.41) is 6.83. The minimum Gasteiger partial charge on any atom is -0.376 e. The molecule has 0 aromatic heterocycles. The van der Waals surface area contributed by atoms with Crippen LogP contribution in [0, 0.1) is 5.92 Å². The molecule has 0 amide bonds. The Hall–Kier alpha value is -0.120. The summed E-state index contributed by atoms with van der Waals surface area (Å²) in [5.74, 6) is 0.831. The first-order chi connectivity index (χ1) is 7.29. The minimum absolute atomic E-state index is 0.427. The highest BCUT2D eigenvalue weighted by molar-refractivity contribution is 4.67. The molecular weight excluding hydrogens is 188 g/mol. The molecule has 1 heterocycles. The highest BCUT2D eigenvalue weighted by Crippen LogP contribution is 2.02. The van der Waals surface area contributed by atoms with E-state index in [1.165, 1.54) is 12.8 Å². The molecule has 0 radical (unpaired) electrons. The van der Waals surface area contributed by atoms with Crippen molar-refractivity contribution >= 4 is 0 Å². The van der Waals surface area contributed by atoms with Crippen LogP contribution in [0.3, 0.4) is 0 Å². The molecule has 0 aromatic carbocycles. The second kappa shape index (κ2) is 8.08. The smallest absolute Gasteiger partial charge is 0.0712 e. The number of hydrogen-bond acceptors (Lipinski definition) is 3. The van der Waals surface area contributed by atoms with Gasteiger partial charge in [-0.3, -0.25) is 0 Å². The molecule has 3 nitrogen and oxygen atoms in total. The van der Waals surface area contributed by atoms with Crippen molar-refractivity contribution in [1.82, 2.24) is 10.6 Å². The Labute approximate surface area is 94.0 Å². The maximum atomic E-state index is 5.62. The third kappa shape index (κ3) is 6.88. The van der Waals surface area contributed by atoms with Gasteiger partial charge in [0.2, 0.25) is 0 Å². The lowest BCUT2D eigenvalue weighted by atomic mass is 10.1. The fraction of sp³-hybridized carbons (Fsp3) is 1.00. The maximum Gasteiger partial charge on any atom is 0.0712 e. The lowest BCUT2D eigenvalue weighted by molar-refractivity contribution is 0.0239. The molecule has 3 heteroatoms. The molecule has 0 spiro atoms. The van der Waals surface area contributed by atoms with Gasteiger partial charge in [-0.2, -0.15) is 0 Å². The van der Waals surface area contributed by atoms with Crippen LogP contribution in [-0.4, -0.2) is 38.9 Å². The van der Waals surface area contributed by atoms with Crippen LogP contribution in [0.2, 0.25) is 0 Å². The van der Waals surface area contributed by atoms with E-state index in [1.807, 2.05) is 0 Å². The number of rotatable bonds is 7.